The van der Waals surface area contributed by atoms with Gasteiger partial charge in [-0.25, -0.2) is 0 Å². The number of anilines is 1. The molecule has 2 amide bonds. The zero-order chi connectivity index (χ0) is 23.0. The summed E-state index contributed by atoms with van der Waals surface area (Å²) in [5.74, 6) is -0.0110. The molecule has 0 radical (unpaired) electrons. The molecule has 0 unspecified atom stereocenters. The third kappa shape index (κ3) is 6.35. The van der Waals surface area contributed by atoms with Crippen LogP contribution in [0.1, 0.15) is 58.4 Å². The number of hydrogen-bond donors (Lipinski definition) is 2. The van der Waals surface area contributed by atoms with Crippen molar-refractivity contribution in [1.29, 1.82) is 0 Å². The van der Waals surface area contributed by atoms with E-state index in [1.807, 2.05) is 55.5 Å². The monoisotopic (exact) mass is 448 g/mol. The van der Waals surface area contributed by atoms with E-state index in [1.54, 1.807) is 0 Å². The molecule has 2 heterocycles. The average molecular weight is 449 g/mol. The Bertz CT molecular complexity index is 947. The molecule has 0 saturated carbocycles. The first-order chi connectivity index (χ1) is 16.1. The van der Waals surface area contributed by atoms with Crippen LogP contribution in [0, 0.1) is 6.92 Å². The summed E-state index contributed by atoms with van der Waals surface area (Å²) in [4.78, 5) is 30.2. The summed E-state index contributed by atoms with van der Waals surface area (Å²) in [6.45, 7) is 7.51. The first kappa shape index (κ1) is 23.3. The molecule has 0 aliphatic carbocycles. The van der Waals surface area contributed by atoms with Crippen LogP contribution in [0.25, 0.3) is 0 Å². The minimum absolute atomic E-state index is 0.00233. The molecular weight excluding hydrogens is 412 g/mol. The molecule has 2 aliphatic heterocycles. The number of para-hydroxylation sites is 1. The maximum atomic E-state index is 12.9. The molecule has 176 valence electrons. The lowest BCUT2D eigenvalue weighted by Gasteiger charge is -2.35. The highest BCUT2D eigenvalue weighted by molar-refractivity contribution is 5.99. The molecule has 33 heavy (non-hydrogen) atoms. The molecule has 6 heteroatoms. The van der Waals surface area contributed by atoms with Crippen LogP contribution in [0.2, 0.25) is 0 Å². The quantitative estimate of drug-likeness (QED) is 0.679. The molecule has 0 bridgehead atoms. The Labute approximate surface area is 197 Å². The minimum atomic E-state index is -0.00867. The van der Waals surface area contributed by atoms with Gasteiger partial charge in [0.05, 0.1) is 5.56 Å². The highest BCUT2D eigenvalue weighted by Gasteiger charge is 2.24. The molecule has 6 nitrogen and oxygen atoms in total. The molecule has 2 fully saturated rings. The summed E-state index contributed by atoms with van der Waals surface area (Å²) < 4.78 is 0. The van der Waals surface area contributed by atoms with Gasteiger partial charge in [-0.3, -0.25) is 9.59 Å². The van der Waals surface area contributed by atoms with Crippen molar-refractivity contribution in [3.63, 3.8) is 0 Å². The number of carbonyl (C=O) groups excluding carboxylic acids is 2. The van der Waals surface area contributed by atoms with Gasteiger partial charge in [-0.05, 0) is 70.0 Å². The van der Waals surface area contributed by atoms with Crippen LogP contribution in [0.3, 0.4) is 0 Å². The van der Waals surface area contributed by atoms with E-state index in [1.165, 1.54) is 19.3 Å². The number of carbonyl (C=O) groups is 2. The fraction of sp³-hybridized carbons (Fsp3) is 0.481. The number of aryl methyl sites for hydroxylation is 1. The Kier molecular flexibility index (Phi) is 8.00. The van der Waals surface area contributed by atoms with Crippen molar-refractivity contribution in [2.45, 2.75) is 45.1 Å². The second-order valence-electron chi connectivity index (χ2n) is 9.28. The molecule has 0 spiro atoms. The van der Waals surface area contributed by atoms with E-state index in [4.69, 9.17) is 0 Å². The number of rotatable bonds is 7. The van der Waals surface area contributed by atoms with Crippen molar-refractivity contribution in [2.75, 3.05) is 44.2 Å². The molecule has 4 rings (SSSR count). The van der Waals surface area contributed by atoms with E-state index >= 15 is 0 Å². The fourth-order valence-electron chi connectivity index (χ4n) is 4.87. The van der Waals surface area contributed by atoms with Gasteiger partial charge in [0.2, 0.25) is 0 Å². The van der Waals surface area contributed by atoms with Crippen molar-refractivity contribution < 1.29 is 9.59 Å². The fourth-order valence-corrected chi connectivity index (χ4v) is 4.87. The van der Waals surface area contributed by atoms with Gasteiger partial charge >= 0.3 is 0 Å². The maximum absolute atomic E-state index is 12.9. The van der Waals surface area contributed by atoms with E-state index in [-0.39, 0.29) is 17.9 Å². The largest absolute Gasteiger partial charge is 0.371 e. The van der Waals surface area contributed by atoms with Crippen molar-refractivity contribution in [3.05, 3.63) is 65.2 Å². The molecule has 2 aliphatic rings. The van der Waals surface area contributed by atoms with Crippen molar-refractivity contribution in [3.8, 4) is 0 Å². The number of nitrogens with zero attached hydrogens (tertiary/aromatic N) is 2. The molecule has 0 aromatic heterocycles. The van der Waals surface area contributed by atoms with Gasteiger partial charge in [0.15, 0.2) is 0 Å². The number of nitrogens with one attached hydrogen (secondary N) is 2. The van der Waals surface area contributed by atoms with Gasteiger partial charge in [-0.2, -0.15) is 0 Å². The lowest BCUT2D eigenvalue weighted by Crippen LogP contribution is -2.45. The van der Waals surface area contributed by atoms with Gasteiger partial charge in [-0.1, -0.05) is 36.2 Å². The summed E-state index contributed by atoms with van der Waals surface area (Å²) in [5.41, 5.74) is 3.52. The number of piperidine rings is 2. The van der Waals surface area contributed by atoms with Crippen LogP contribution in [0.15, 0.2) is 48.5 Å². The van der Waals surface area contributed by atoms with E-state index in [0.29, 0.717) is 12.1 Å². The third-order valence-electron chi connectivity index (χ3n) is 6.76. The van der Waals surface area contributed by atoms with Gasteiger partial charge in [-0.15, -0.1) is 0 Å². The third-order valence-corrected chi connectivity index (χ3v) is 6.76. The summed E-state index contributed by atoms with van der Waals surface area (Å²) >= 11 is 0. The second-order valence-corrected chi connectivity index (χ2v) is 9.28. The van der Waals surface area contributed by atoms with Crippen molar-refractivity contribution in [2.24, 2.45) is 0 Å². The van der Waals surface area contributed by atoms with E-state index < -0.39 is 0 Å². The van der Waals surface area contributed by atoms with Crippen LogP contribution in [0.5, 0.6) is 0 Å². The predicted molar refractivity (Wildman–Crippen MR) is 133 cm³/mol. The highest BCUT2D eigenvalue weighted by atomic mass is 16.2. The van der Waals surface area contributed by atoms with E-state index in [0.717, 1.165) is 62.4 Å². The molecule has 2 aromatic rings. The first-order valence-corrected chi connectivity index (χ1v) is 12.3. The van der Waals surface area contributed by atoms with E-state index in [9.17, 15) is 9.59 Å². The highest BCUT2D eigenvalue weighted by Crippen LogP contribution is 2.24. The average Bonchev–Trinajstić information content (AvgIpc) is 2.85. The van der Waals surface area contributed by atoms with Crippen LogP contribution in [0.4, 0.5) is 5.69 Å². The molecule has 0 atom stereocenters. The van der Waals surface area contributed by atoms with Crippen LogP contribution < -0.4 is 15.5 Å². The Morgan fingerprint density at radius 2 is 1.67 bits per heavy atom. The summed E-state index contributed by atoms with van der Waals surface area (Å²) in [6, 6.07) is 15.7. The normalized spacial score (nSPS) is 17.5. The second kappa shape index (κ2) is 11.3. The zero-order valence-electron chi connectivity index (χ0n) is 19.7. The summed E-state index contributed by atoms with van der Waals surface area (Å²) in [6.07, 6.45) is 5.57. The van der Waals surface area contributed by atoms with Crippen LogP contribution >= 0.6 is 0 Å². The van der Waals surface area contributed by atoms with Crippen molar-refractivity contribution in [1.82, 2.24) is 15.5 Å². The predicted octanol–water partition coefficient (Wildman–Crippen LogP) is 3.61. The molecule has 2 saturated heterocycles. The maximum Gasteiger partial charge on any atom is 0.253 e. The van der Waals surface area contributed by atoms with Gasteiger partial charge < -0.3 is 20.4 Å². The lowest BCUT2D eigenvalue weighted by molar-refractivity contribution is 0.0929. The number of likely N-dealkylation sites (tertiary alicyclic amines) is 1. The summed E-state index contributed by atoms with van der Waals surface area (Å²) in [5, 5.41) is 6.30. The Morgan fingerprint density at radius 3 is 2.42 bits per heavy atom. The minimum Gasteiger partial charge on any atom is -0.371 e. The topological polar surface area (TPSA) is 64.7 Å². The smallest absolute Gasteiger partial charge is 0.253 e. The zero-order valence-corrected chi connectivity index (χ0v) is 19.7. The number of amides is 2. The summed E-state index contributed by atoms with van der Waals surface area (Å²) in [7, 11) is 0. The molecule has 2 N–H and O–H groups in total. The molecular formula is C27H36N4O2. The molecule has 2 aromatic carbocycles. The number of benzene rings is 2. The van der Waals surface area contributed by atoms with Gasteiger partial charge in [0.25, 0.3) is 11.8 Å². The van der Waals surface area contributed by atoms with Gasteiger partial charge in [0.1, 0.15) is 0 Å². The number of hydrogen-bond acceptors (Lipinski definition) is 4. The van der Waals surface area contributed by atoms with Gasteiger partial charge in [0, 0.05) is 43.5 Å². The SMILES string of the molecule is Cc1cccc(C(=O)NC2CCN(c3ccccc3C(=O)NCCN3CCCCC3)CC2)c1. The Balaban J connectivity index is 1.29. The standard InChI is InChI=1S/C27H36N4O2/c1-21-8-7-9-22(20-21)26(32)29-23-12-17-31(18-13-23)25-11-4-3-10-24(25)27(33)28-14-19-30-15-5-2-6-16-30/h3-4,7-11,20,23H,2,5-6,12-19H2,1H3,(H,28,33)(H,29,32). The Morgan fingerprint density at radius 1 is 0.909 bits per heavy atom. The lowest BCUT2D eigenvalue weighted by atomic mass is 10.0. The van der Waals surface area contributed by atoms with Crippen molar-refractivity contribution >= 4 is 17.5 Å². The van der Waals surface area contributed by atoms with Crippen LogP contribution in [-0.2, 0) is 0 Å². The Hall–Kier alpha value is -2.86. The van der Waals surface area contributed by atoms with E-state index in [2.05, 4.69) is 20.4 Å². The van der Waals surface area contributed by atoms with Crippen LogP contribution in [-0.4, -0.2) is 62.0 Å². The first-order valence-electron chi connectivity index (χ1n) is 12.3.